The van der Waals surface area contributed by atoms with E-state index in [-0.39, 0.29) is 6.04 Å². The van der Waals surface area contributed by atoms with Gasteiger partial charge in [0.1, 0.15) is 5.67 Å². The zero-order valence-corrected chi connectivity index (χ0v) is 7.01. The van der Waals surface area contributed by atoms with Gasteiger partial charge in [-0.15, -0.1) is 0 Å². The molecule has 2 heterocycles. The lowest BCUT2D eigenvalue weighted by Gasteiger charge is -2.30. The lowest BCUT2D eigenvalue weighted by Crippen LogP contribution is -2.41. The molecule has 64 valence electrons. The molecular formula is C8H14FNO. The summed E-state index contributed by atoms with van der Waals surface area (Å²) in [4.78, 5) is 2.11. The Labute approximate surface area is 66.3 Å². The van der Waals surface area contributed by atoms with E-state index in [9.17, 15) is 4.39 Å². The Morgan fingerprint density at radius 3 is 2.64 bits per heavy atom. The van der Waals surface area contributed by atoms with E-state index in [4.69, 9.17) is 4.74 Å². The normalized spacial score (nSPS) is 49.4. The fourth-order valence-electron chi connectivity index (χ4n) is 2.33. The first-order valence-electron chi connectivity index (χ1n) is 4.07. The van der Waals surface area contributed by atoms with E-state index in [1.54, 1.807) is 7.11 Å². The van der Waals surface area contributed by atoms with E-state index in [0.717, 1.165) is 12.8 Å². The summed E-state index contributed by atoms with van der Waals surface area (Å²) in [5.74, 6) is 0. The van der Waals surface area contributed by atoms with Gasteiger partial charge in [0.05, 0.1) is 12.6 Å². The molecule has 0 N–H and O–H groups in total. The van der Waals surface area contributed by atoms with Crippen LogP contribution in [0, 0.1) is 0 Å². The van der Waals surface area contributed by atoms with Crippen LogP contribution in [0.15, 0.2) is 0 Å². The second-order valence-corrected chi connectivity index (χ2v) is 3.73. The number of methoxy groups -OCH3 is 1. The van der Waals surface area contributed by atoms with E-state index < -0.39 is 5.67 Å². The highest BCUT2D eigenvalue weighted by Gasteiger charge is 2.61. The molecule has 11 heavy (non-hydrogen) atoms. The summed E-state index contributed by atoms with van der Waals surface area (Å²) in [5.41, 5.74) is -0.921. The minimum absolute atomic E-state index is 0.0116. The number of rotatable bonds is 2. The van der Waals surface area contributed by atoms with Crippen LogP contribution >= 0.6 is 0 Å². The van der Waals surface area contributed by atoms with Gasteiger partial charge in [0.2, 0.25) is 0 Å². The van der Waals surface area contributed by atoms with Crippen LogP contribution in [0.25, 0.3) is 0 Å². The van der Waals surface area contributed by atoms with E-state index >= 15 is 0 Å². The minimum atomic E-state index is -0.921. The monoisotopic (exact) mass is 159 g/mol. The van der Waals surface area contributed by atoms with Crippen molar-refractivity contribution < 1.29 is 9.13 Å². The van der Waals surface area contributed by atoms with Gasteiger partial charge in [0.25, 0.3) is 0 Å². The SMILES string of the molecule is COCC1N(C)C2CC1(F)C2. The molecule has 1 aliphatic carbocycles. The number of halogens is 1. The highest BCUT2D eigenvalue weighted by atomic mass is 19.1. The van der Waals surface area contributed by atoms with Gasteiger partial charge in [-0.2, -0.15) is 0 Å². The van der Waals surface area contributed by atoms with Crippen LogP contribution in [0.4, 0.5) is 4.39 Å². The predicted octanol–water partition coefficient (Wildman–Crippen LogP) is 0.818. The van der Waals surface area contributed by atoms with Gasteiger partial charge in [-0.3, -0.25) is 4.90 Å². The van der Waals surface area contributed by atoms with Gasteiger partial charge in [0, 0.05) is 13.2 Å². The lowest BCUT2D eigenvalue weighted by molar-refractivity contribution is 0.0492. The summed E-state index contributed by atoms with van der Waals surface area (Å²) in [5, 5.41) is 0. The minimum Gasteiger partial charge on any atom is -0.383 e. The number of hydrogen-bond donors (Lipinski definition) is 0. The standard InChI is InChI=1S/C8H14FNO/c1-10-6-3-8(9,4-6)7(10)5-11-2/h6-7H,3-5H2,1-2H3. The van der Waals surface area contributed by atoms with Crippen molar-refractivity contribution in [1.29, 1.82) is 0 Å². The smallest absolute Gasteiger partial charge is 0.131 e. The van der Waals surface area contributed by atoms with Crippen LogP contribution in [-0.4, -0.2) is 43.4 Å². The summed E-state index contributed by atoms with van der Waals surface area (Å²) in [6.07, 6.45) is 1.44. The molecule has 2 bridgehead atoms. The molecule has 3 aliphatic rings. The van der Waals surface area contributed by atoms with Crippen LogP contribution in [0.1, 0.15) is 12.8 Å². The molecule has 3 rings (SSSR count). The third-order valence-corrected chi connectivity index (χ3v) is 3.14. The Morgan fingerprint density at radius 1 is 1.64 bits per heavy atom. The maximum Gasteiger partial charge on any atom is 0.131 e. The molecule has 1 atom stereocenters. The summed E-state index contributed by atoms with van der Waals surface area (Å²) in [6.45, 7) is 0.531. The first-order chi connectivity index (χ1) is 5.17. The van der Waals surface area contributed by atoms with E-state index in [0.29, 0.717) is 12.6 Å². The maximum atomic E-state index is 13.7. The molecule has 0 radical (unpaired) electrons. The van der Waals surface area contributed by atoms with E-state index in [1.807, 2.05) is 7.05 Å². The van der Waals surface area contributed by atoms with Crippen LogP contribution in [0.2, 0.25) is 0 Å². The van der Waals surface area contributed by atoms with E-state index in [2.05, 4.69) is 4.90 Å². The number of fused-ring (bicyclic) bond motifs is 1. The van der Waals surface area contributed by atoms with Crippen molar-refractivity contribution in [3.63, 3.8) is 0 Å². The predicted molar refractivity (Wildman–Crippen MR) is 40.3 cm³/mol. The van der Waals surface area contributed by atoms with Gasteiger partial charge in [0.15, 0.2) is 0 Å². The Bertz CT molecular complexity index is 167. The Balaban J connectivity index is 2.07. The largest absolute Gasteiger partial charge is 0.383 e. The lowest BCUT2D eigenvalue weighted by atomic mass is 9.80. The molecular weight excluding hydrogens is 145 g/mol. The Morgan fingerprint density at radius 2 is 2.27 bits per heavy atom. The number of ether oxygens (including phenoxy) is 1. The number of nitrogens with zero attached hydrogens (tertiary/aromatic N) is 1. The average molecular weight is 159 g/mol. The van der Waals surface area contributed by atoms with E-state index in [1.165, 1.54) is 0 Å². The second-order valence-electron chi connectivity index (χ2n) is 3.73. The fourth-order valence-corrected chi connectivity index (χ4v) is 2.33. The van der Waals surface area contributed by atoms with Crippen LogP contribution in [0.3, 0.4) is 0 Å². The van der Waals surface area contributed by atoms with Crippen molar-refractivity contribution in [3.8, 4) is 0 Å². The molecule has 2 saturated heterocycles. The Hall–Kier alpha value is -0.150. The van der Waals surface area contributed by atoms with Crippen molar-refractivity contribution in [2.75, 3.05) is 20.8 Å². The van der Waals surface area contributed by atoms with Crippen molar-refractivity contribution in [2.24, 2.45) is 0 Å². The van der Waals surface area contributed by atoms with Crippen molar-refractivity contribution in [2.45, 2.75) is 30.6 Å². The highest BCUT2D eigenvalue weighted by molar-refractivity contribution is 5.15. The first-order valence-corrected chi connectivity index (χ1v) is 4.07. The molecule has 0 spiro atoms. The van der Waals surface area contributed by atoms with Gasteiger partial charge in [-0.1, -0.05) is 0 Å². The second kappa shape index (κ2) is 2.17. The van der Waals surface area contributed by atoms with Crippen LogP contribution in [0.5, 0.6) is 0 Å². The van der Waals surface area contributed by atoms with Gasteiger partial charge < -0.3 is 4.74 Å². The third-order valence-electron chi connectivity index (χ3n) is 3.14. The Kier molecular flexibility index (Phi) is 1.48. The van der Waals surface area contributed by atoms with Gasteiger partial charge >= 0.3 is 0 Å². The van der Waals surface area contributed by atoms with Crippen molar-refractivity contribution >= 4 is 0 Å². The van der Waals surface area contributed by atoms with Crippen LogP contribution in [-0.2, 0) is 4.74 Å². The number of likely N-dealkylation sites (N-methyl/N-ethyl adjacent to an activating group) is 1. The summed E-state index contributed by atoms with van der Waals surface area (Å²) in [6, 6.07) is 0.498. The maximum absolute atomic E-state index is 13.7. The average Bonchev–Trinajstić information content (AvgIpc) is 2.22. The third kappa shape index (κ3) is 0.842. The molecule has 0 amide bonds. The molecule has 1 unspecified atom stereocenters. The molecule has 3 heteroatoms. The molecule has 2 aliphatic heterocycles. The zero-order valence-electron chi connectivity index (χ0n) is 7.01. The van der Waals surface area contributed by atoms with Gasteiger partial charge in [-0.25, -0.2) is 4.39 Å². The summed E-state index contributed by atoms with van der Waals surface area (Å²) < 4.78 is 18.6. The van der Waals surface area contributed by atoms with Crippen molar-refractivity contribution in [1.82, 2.24) is 4.90 Å². The molecule has 0 aromatic rings. The molecule has 3 fully saturated rings. The molecule has 1 saturated carbocycles. The molecule has 0 aromatic carbocycles. The topological polar surface area (TPSA) is 12.5 Å². The van der Waals surface area contributed by atoms with Crippen LogP contribution < -0.4 is 0 Å². The summed E-state index contributed by atoms with van der Waals surface area (Å²) >= 11 is 0. The highest BCUT2D eigenvalue weighted by Crippen LogP contribution is 2.51. The fraction of sp³-hybridized carbons (Fsp3) is 1.00. The summed E-state index contributed by atoms with van der Waals surface area (Å²) in [7, 11) is 3.62. The van der Waals surface area contributed by atoms with Crippen molar-refractivity contribution in [3.05, 3.63) is 0 Å². The number of alkyl halides is 1. The first kappa shape index (κ1) is 7.50. The number of hydrogen-bond acceptors (Lipinski definition) is 2. The zero-order chi connectivity index (χ0) is 8.06. The molecule has 0 aromatic heterocycles. The van der Waals surface area contributed by atoms with Gasteiger partial charge in [-0.05, 0) is 19.9 Å². The molecule has 2 nitrogen and oxygen atoms in total. The quantitative estimate of drug-likeness (QED) is 0.591.